The van der Waals surface area contributed by atoms with Crippen molar-refractivity contribution < 1.29 is 4.74 Å². The van der Waals surface area contributed by atoms with Crippen molar-refractivity contribution in [1.82, 2.24) is 14.1 Å². The highest BCUT2D eigenvalue weighted by Gasteiger charge is 2.15. The van der Waals surface area contributed by atoms with Crippen molar-refractivity contribution in [2.24, 2.45) is 0 Å². The molecule has 0 spiro atoms. The summed E-state index contributed by atoms with van der Waals surface area (Å²) >= 11 is 0. The van der Waals surface area contributed by atoms with Crippen molar-refractivity contribution in [2.45, 2.75) is 32.9 Å². The summed E-state index contributed by atoms with van der Waals surface area (Å²) in [6.07, 6.45) is 1.78. The summed E-state index contributed by atoms with van der Waals surface area (Å²) in [4.78, 5) is 29.6. The van der Waals surface area contributed by atoms with Gasteiger partial charge in [-0.15, -0.1) is 4.98 Å². The van der Waals surface area contributed by atoms with Gasteiger partial charge in [0.2, 0.25) is 0 Å². The summed E-state index contributed by atoms with van der Waals surface area (Å²) in [5, 5.41) is 0. The second kappa shape index (κ2) is 8.98. The fourth-order valence-electron chi connectivity index (χ4n) is 2.73. The number of unbranched alkanes of at least 4 members (excludes halogenated alkanes) is 1. The van der Waals surface area contributed by atoms with Crippen LogP contribution in [-0.2, 0) is 13.1 Å². The lowest BCUT2D eigenvalue weighted by Crippen LogP contribution is -2.42. The molecule has 0 saturated heterocycles. The zero-order valence-corrected chi connectivity index (χ0v) is 15.4. The maximum atomic E-state index is 13.1. The minimum Gasteiger partial charge on any atom is -0.464 e. The average molecular weight is 365 g/mol. The second-order valence-electron chi connectivity index (χ2n) is 6.31. The molecule has 0 N–H and O–H groups in total. The summed E-state index contributed by atoms with van der Waals surface area (Å²) in [5.74, 6) is 0. The first-order chi connectivity index (χ1) is 13.2. The van der Waals surface area contributed by atoms with E-state index in [2.05, 4.69) is 4.98 Å². The van der Waals surface area contributed by atoms with Crippen LogP contribution in [0, 0.1) is 0 Å². The zero-order valence-electron chi connectivity index (χ0n) is 15.4. The Hall–Kier alpha value is -3.15. The van der Waals surface area contributed by atoms with Gasteiger partial charge in [0.05, 0.1) is 19.7 Å². The van der Waals surface area contributed by atoms with Crippen molar-refractivity contribution in [2.75, 3.05) is 6.61 Å². The maximum absolute atomic E-state index is 13.1. The third-order valence-electron chi connectivity index (χ3n) is 4.21. The van der Waals surface area contributed by atoms with Crippen molar-refractivity contribution in [1.29, 1.82) is 0 Å². The molecule has 0 aliphatic rings. The molecule has 0 unspecified atom stereocenters. The van der Waals surface area contributed by atoms with Crippen molar-refractivity contribution >= 4 is 0 Å². The van der Waals surface area contributed by atoms with Gasteiger partial charge < -0.3 is 4.74 Å². The van der Waals surface area contributed by atoms with Gasteiger partial charge >= 0.3 is 17.4 Å². The van der Waals surface area contributed by atoms with Crippen LogP contribution in [0.2, 0.25) is 0 Å². The van der Waals surface area contributed by atoms with Gasteiger partial charge in [0, 0.05) is 0 Å². The molecule has 6 nitrogen and oxygen atoms in total. The van der Waals surface area contributed by atoms with Crippen LogP contribution in [0.25, 0.3) is 0 Å². The number of benzene rings is 2. The normalized spacial score (nSPS) is 10.7. The zero-order chi connectivity index (χ0) is 19.1. The fraction of sp³-hybridized carbons (Fsp3) is 0.286. The lowest BCUT2D eigenvalue weighted by atomic mass is 10.2. The van der Waals surface area contributed by atoms with E-state index in [0.29, 0.717) is 13.2 Å². The first kappa shape index (κ1) is 18.6. The highest BCUT2D eigenvalue weighted by atomic mass is 16.5. The molecule has 3 aromatic rings. The molecule has 1 aromatic heterocycles. The molecule has 2 aromatic carbocycles. The quantitative estimate of drug-likeness (QED) is 0.576. The largest absolute Gasteiger partial charge is 0.464 e. The molecule has 27 heavy (non-hydrogen) atoms. The smallest absolute Gasteiger partial charge is 0.356 e. The number of nitrogens with zero attached hydrogens (tertiary/aromatic N) is 3. The molecule has 140 valence electrons. The highest BCUT2D eigenvalue weighted by molar-refractivity contribution is 5.17. The lowest BCUT2D eigenvalue weighted by Gasteiger charge is -2.14. The third-order valence-corrected chi connectivity index (χ3v) is 4.21. The van der Waals surface area contributed by atoms with E-state index in [1.807, 2.05) is 67.6 Å². The number of ether oxygens (including phenoxy) is 1. The van der Waals surface area contributed by atoms with Gasteiger partial charge in [-0.2, -0.15) is 0 Å². The van der Waals surface area contributed by atoms with Gasteiger partial charge in [0.15, 0.2) is 0 Å². The molecule has 1 heterocycles. The third kappa shape index (κ3) is 4.73. The number of hydrogen-bond donors (Lipinski definition) is 0. The monoisotopic (exact) mass is 365 g/mol. The summed E-state index contributed by atoms with van der Waals surface area (Å²) in [5.41, 5.74) is 0.782. The van der Waals surface area contributed by atoms with Crippen LogP contribution in [-0.4, -0.2) is 20.7 Å². The van der Waals surface area contributed by atoms with Gasteiger partial charge in [-0.1, -0.05) is 74.0 Å². The van der Waals surface area contributed by atoms with Crippen LogP contribution >= 0.6 is 0 Å². The molecule has 0 fully saturated rings. The van der Waals surface area contributed by atoms with E-state index in [0.717, 1.165) is 28.5 Å². The van der Waals surface area contributed by atoms with E-state index in [9.17, 15) is 9.59 Å². The Morgan fingerprint density at radius 1 is 0.852 bits per heavy atom. The molecule has 0 aliphatic heterocycles. The Morgan fingerprint density at radius 2 is 1.41 bits per heavy atom. The molecule has 0 saturated carbocycles. The molecule has 6 heteroatoms. The van der Waals surface area contributed by atoms with Crippen LogP contribution < -0.4 is 16.1 Å². The molecular formula is C21H23N3O3. The fourth-order valence-corrected chi connectivity index (χ4v) is 2.73. The predicted octanol–water partition coefficient (Wildman–Crippen LogP) is 2.68. The molecule has 3 rings (SSSR count). The van der Waals surface area contributed by atoms with E-state index in [-0.39, 0.29) is 12.6 Å². The maximum Gasteiger partial charge on any atom is 0.356 e. The molecule has 0 bridgehead atoms. The first-order valence-corrected chi connectivity index (χ1v) is 9.11. The predicted molar refractivity (Wildman–Crippen MR) is 104 cm³/mol. The number of aromatic nitrogens is 3. The number of rotatable bonds is 8. The highest BCUT2D eigenvalue weighted by Crippen LogP contribution is 2.08. The molecule has 0 radical (unpaired) electrons. The van der Waals surface area contributed by atoms with Crippen LogP contribution in [0.3, 0.4) is 0 Å². The Bertz CT molecular complexity index is 979. The van der Waals surface area contributed by atoms with Crippen molar-refractivity contribution in [3.8, 4) is 6.01 Å². The Morgan fingerprint density at radius 3 is 1.96 bits per heavy atom. The Kier molecular flexibility index (Phi) is 6.20. The number of hydrogen-bond acceptors (Lipinski definition) is 4. The molecule has 0 aliphatic carbocycles. The van der Waals surface area contributed by atoms with Gasteiger partial charge in [-0.3, -0.25) is 0 Å². The molecule has 0 amide bonds. The van der Waals surface area contributed by atoms with Crippen molar-refractivity contribution in [3.63, 3.8) is 0 Å². The standard InChI is InChI=1S/C21H23N3O3/c1-2-3-14-27-20-22-19(25)23(15-17-10-6-4-7-11-17)21(26)24(20)16-18-12-8-5-9-13-18/h4-13H,2-3,14-16H2,1H3. The SMILES string of the molecule is CCCCOc1nc(=O)n(Cc2ccccc2)c(=O)n1Cc1ccccc1. The van der Waals surface area contributed by atoms with Gasteiger partial charge in [0.25, 0.3) is 0 Å². The molecular weight excluding hydrogens is 342 g/mol. The topological polar surface area (TPSA) is 66.1 Å². The van der Waals surface area contributed by atoms with Gasteiger partial charge in [-0.05, 0) is 17.5 Å². The van der Waals surface area contributed by atoms with Gasteiger partial charge in [0.1, 0.15) is 0 Å². The Balaban J connectivity index is 2.01. The second-order valence-corrected chi connectivity index (χ2v) is 6.31. The lowest BCUT2D eigenvalue weighted by molar-refractivity contribution is 0.260. The van der Waals surface area contributed by atoms with Crippen LogP contribution in [0.15, 0.2) is 70.3 Å². The summed E-state index contributed by atoms with van der Waals surface area (Å²) in [6.45, 7) is 2.93. The summed E-state index contributed by atoms with van der Waals surface area (Å²) in [7, 11) is 0. The van der Waals surface area contributed by atoms with Crippen LogP contribution in [0.1, 0.15) is 30.9 Å². The average Bonchev–Trinajstić information content (AvgIpc) is 2.70. The van der Waals surface area contributed by atoms with E-state index in [1.165, 1.54) is 4.57 Å². The Labute approximate surface area is 157 Å². The van der Waals surface area contributed by atoms with E-state index in [1.54, 1.807) is 0 Å². The van der Waals surface area contributed by atoms with E-state index >= 15 is 0 Å². The minimum absolute atomic E-state index is 0.0756. The summed E-state index contributed by atoms with van der Waals surface area (Å²) in [6, 6.07) is 19.0. The van der Waals surface area contributed by atoms with Crippen molar-refractivity contribution in [3.05, 3.63) is 92.8 Å². The van der Waals surface area contributed by atoms with E-state index < -0.39 is 11.4 Å². The van der Waals surface area contributed by atoms with Crippen LogP contribution in [0.5, 0.6) is 6.01 Å². The first-order valence-electron chi connectivity index (χ1n) is 9.11. The minimum atomic E-state index is -0.598. The summed E-state index contributed by atoms with van der Waals surface area (Å²) < 4.78 is 8.22. The molecule has 0 atom stereocenters. The van der Waals surface area contributed by atoms with E-state index in [4.69, 9.17) is 4.74 Å². The van der Waals surface area contributed by atoms with Crippen LogP contribution in [0.4, 0.5) is 0 Å². The van der Waals surface area contributed by atoms with Gasteiger partial charge in [-0.25, -0.2) is 18.7 Å².